The molecule has 0 amide bonds. The van der Waals surface area contributed by atoms with Crippen LogP contribution in [0.3, 0.4) is 0 Å². The van der Waals surface area contributed by atoms with E-state index in [0.29, 0.717) is 28.7 Å². The van der Waals surface area contributed by atoms with Gasteiger partial charge in [-0.2, -0.15) is 0 Å². The van der Waals surface area contributed by atoms with Gasteiger partial charge in [-0.3, -0.25) is 0 Å². The minimum Gasteiger partial charge on any atom is -0.204 e. The van der Waals surface area contributed by atoms with Gasteiger partial charge in [-0.05, 0) is 64.6 Å². The zero-order valence-electron chi connectivity index (χ0n) is 12.9. The lowest BCUT2D eigenvalue weighted by atomic mass is 9.95. The summed E-state index contributed by atoms with van der Waals surface area (Å²) in [5, 5.41) is 0. The fourth-order valence-electron chi connectivity index (χ4n) is 2.58. The van der Waals surface area contributed by atoms with Crippen molar-refractivity contribution in [2.45, 2.75) is 13.3 Å². The second kappa shape index (κ2) is 6.48. The average Bonchev–Trinajstić information content (AvgIpc) is 2.59. The van der Waals surface area contributed by atoms with E-state index >= 15 is 0 Å². The zero-order valence-corrected chi connectivity index (χ0v) is 12.9. The van der Waals surface area contributed by atoms with Crippen molar-refractivity contribution in [2.24, 2.45) is 0 Å². The third-order valence-corrected chi connectivity index (χ3v) is 3.91. The molecule has 0 atom stereocenters. The summed E-state index contributed by atoms with van der Waals surface area (Å²) < 4.78 is 53.3. The number of rotatable bonds is 3. The normalized spacial score (nSPS) is 10.9. The molecule has 122 valence electrons. The molecule has 0 unspecified atom stereocenters. The van der Waals surface area contributed by atoms with Crippen molar-refractivity contribution in [3.63, 3.8) is 0 Å². The maximum absolute atomic E-state index is 13.5. The van der Waals surface area contributed by atoms with E-state index in [-0.39, 0.29) is 0 Å². The Labute approximate surface area is 137 Å². The summed E-state index contributed by atoms with van der Waals surface area (Å²) in [6, 6.07) is 12.9. The van der Waals surface area contributed by atoms with Gasteiger partial charge in [0.25, 0.3) is 0 Å². The van der Waals surface area contributed by atoms with Gasteiger partial charge in [-0.15, -0.1) is 0 Å². The first-order valence-electron chi connectivity index (χ1n) is 7.52. The van der Waals surface area contributed by atoms with Crippen molar-refractivity contribution >= 4 is 0 Å². The Morgan fingerprint density at radius 2 is 1.00 bits per heavy atom. The van der Waals surface area contributed by atoms with Crippen molar-refractivity contribution in [2.75, 3.05) is 0 Å². The van der Waals surface area contributed by atoms with E-state index in [1.165, 1.54) is 12.1 Å². The van der Waals surface area contributed by atoms with Crippen LogP contribution in [0.5, 0.6) is 0 Å². The summed E-state index contributed by atoms with van der Waals surface area (Å²) in [4.78, 5) is 0. The smallest absolute Gasteiger partial charge is 0.159 e. The third-order valence-electron chi connectivity index (χ3n) is 3.91. The standard InChI is InChI=1S/C20H14F4/c1-2-12-7-15(13-3-5-17(21)19(23)10-13)9-16(8-12)14-4-6-18(22)20(24)11-14/h3-11H,2H2,1H3. The van der Waals surface area contributed by atoms with Crippen LogP contribution in [0.25, 0.3) is 22.3 Å². The van der Waals surface area contributed by atoms with E-state index in [0.717, 1.165) is 29.8 Å². The van der Waals surface area contributed by atoms with Crippen molar-refractivity contribution in [1.29, 1.82) is 0 Å². The first kappa shape index (κ1) is 16.2. The first-order valence-corrected chi connectivity index (χ1v) is 7.52. The fourth-order valence-corrected chi connectivity index (χ4v) is 2.58. The predicted octanol–water partition coefficient (Wildman–Crippen LogP) is 6.14. The molecule has 0 aliphatic heterocycles. The SMILES string of the molecule is CCc1cc(-c2ccc(F)c(F)c2)cc(-c2ccc(F)c(F)c2)c1. The van der Waals surface area contributed by atoms with Gasteiger partial charge in [-0.25, -0.2) is 17.6 Å². The molecule has 3 rings (SSSR count). The van der Waals surface area contributed by atoms with E-state index in [1.807, 2.05) is 19.1 Å². The van der Waals surface area contributed by atoms with Crippen LogP contribution in [0.1, 0.15) is 12.5 Å². The molecule has 0 aliphatic rings. The Morgan fingerprint density at radius 1 is 0.542 bits per heavy atom. The van der Waals surface area contributed by atoms with Crippen LogP contribution in [0.4, 0.5) is 17.6 Å². The van der Waals surface area contributed by atoms with Gasteiger partial charge in [0.05, 0.1) is 0 Å². The Balaban J connectivity index is 2.14. The van der Waals surface area contributed by atoms with Crippen molar-refractivity contribution < 1.29 is 17.6 Å². The van der Waals surface area contributed by atoms with Crippen LogP contribution in [-0.2, 0) is 6.42 Å². The highest BCUT2D eigenvalue weighted by molar-refractivity contribution is 5.74. The highest BCUT2D eigenvalue weighted by atomic mass is 19.2. The topological polar surface area (TPSA) is 0 Å². The lowest BCUT2D eigenvalue weighted by Crippen LogP contribution is -1.91. The molecule has 0 spiro atoms. The molecule has 4 heteroatoms. The van der Waals surface area contributed by atoms with Crippen molar-refractivity contribution in [1.82, 2.24) is 0 Å². The summed E-state index contributed by atoms with van der Waals surface area (Å²) >= 11 is 0. The fraction of sp³-hybridized carbons (Fsp3) is 0.100. The minimum absolute atomic E-state index is 0.521. The average molecular weight is 330 g/mol. The van der Waals surface area contributed by atoms with Crippen LogP contribution >= 0.6 is 0 Å². The quantitative estimate of drug-likeness (QED) is 0.506. The molecule has 24 heavy (non-hydrogen) atoms. The van der Waals surface area contributed by atoms with Crippen LogP contribution in [0.15, 0.2) is 54.6 Å². The molecule has 0 radical (unpaired) electrons. The van der Waals surface area contributed by atoms with Gasteiger partial charge >= 0.3 is 0 Å². The molecule has 3 aromatic carbocycles. The largest absolute Gasteiger partial charge is 0.204 e. The maximum Gasteiger partial charge on any atom is 0.159 e. The molecule has 0 aliphatic carbocycles. The van der Waals surface area contributed by atoms with E-state index < -0.39 is 23.3 Å². The predicted molar refractivity (Wildman–Crippen MR) is 86.5 cm³/mol. The molecule has 0 N–H and O–H groups in total. The number of benzene rings is 3. The van der Waals surface area contributed by atoms with E-state index in [9.17, 15) is 17.6 Å². The third kappa shape index (κ3) is 3.18. The molecular formula is C20H14F4. The van der Waals surface area contributed by atoms with Crippen LogP contribution in [-0.4, -0.2) is 0 Å². The van der Waals surface area contributed by atoms with Crippen LogP contribution in [0.2, 0.25) is 0 Å². The van der Waals surface area contributed by atoms with Gasteiger partial charge in [0.1, 0.15) is 0 Å². The van der Waals surface area contributed by atoms with Crippen molar-refractivity contribution in [3.8, 4) is 22.3 Å². The van der Waals surface area contributed by atoms with Crippen LogP contribution < -0.4 is 0 Å². The number of halogens is 4. The summed E-state index contributed by atoms with van der Waals surface area (Å²) in [6.45, 7) is 1.96. The van der Waals surface area contributed by atoms with E-state index in [4.69, 9.17) is 0 Å². The molecule has 0 saturated carbocycles. The number of aryl methyl sites for hydroxylation is 1. The highest BCUT2D eigenvalue weighted by Gasteiger charge is 2.10. The van der Waals surface area contributed by atoms with Gasteiger partial charge in [0.15, 0.2) is 23.3 Å². The minimum atomic E-state index is -0.927. The van der Waals surface area contributed by atoms with E-state index in [2.05, 4.69) is 0 Å². The maximum atomic E-state index is 13.5. The molecule has 0 saturated heterocycles. The zero-order chi connectivity index (χ0) is 17.3. The Morgan fingerprint density at radius 3 is 1.38 bits per heavy atom. The second-order valence-electron chi connectivity index (χ2n) is 5.53. The highest BCUT2D eigenvalue weighted by Crippen LogP contribution is 2.30. The summed E-state index contributed by atoms with van der Waals surface area (Å²) in [6.07, 6.45) is 0.716. The molecule has 0 bridgehead atoms. The molecule has 0 nitrogen and oxygen atoms in total. The summed E-state index contributed by atoms with van der Waals surface area (Å²) in [5.41, 5.74) is 3.37. The molecular weight excluding hydrogens is 316 g/mol. The number of hydrogen-bond donors (Lipinski definition) is 0. The van der Waals surface area contributed by atoms with Crippen LogP contribution in [0, 0.1) is 23.3 Å². The van der Waals surface area contributed by atoms with Gasteiger partial charge in [-0.1, -0.05) is 31.2 Å². The molecule has 3 aromatic rings. The van der Waals surface area contributed by atoms with Crippen molar-refractivity contribution in [3.05, 3.63) is 83.4 Å². The molecule has 0 aromatic heterocycles. The monoisotopic (exact) mass is 330 g/mol. The Hall–Kier alpha value is -2.62. The van der Waals surface area contributed by atoms with E-state index in [1.54, 1.807) is 6.07 Å². The van der Waals surface area contributed by atoms with Gasteiger partial charge < -0.3 is 0 Å². The summed E-state index contributed by atoms with van der Waals surface area (Å²) in [5.74, 6) is -3.68. The number of hydrogen-bond acceptors (Lipinski definition) is 0. The van der Waals surface area contributed by atoms with Gasteiger partial charge in [0.2, 0.25) is 0 Å². The Bertz CT molecular complexity index is 830. The molecule has 0 fully saturated rings. The lowest BCUT2D eigenvalue weighted by molar-refractivity contribution is 0.509. The Kier molecular flexibility index (Phi) is 4.38. The summed E-state index contributed by atoms with van der Waals surface area (Å²) in [7, 11) is 0. The lowest BCUT2D eigenvalue weighted by Gasteiger charge is -2.10. The first-order chi connectivity index (χ1) is 11.5. The molecule has 0 heterocycles. The van der Waals surface area contributed by atoms with Gasteiger partial charge in [0, 0.05) is 0 Å². The second-order valence-corrected chi connectivity index (χ2v) is 5.53.